The molecule has 4 aliphatic rings. The third kappa shape index (κ3) is 1.67. The predicted molar refractivity (Wildman–Crippen MR) is 67.8 cm³/mol. The Morgan fingerprint density at radius 1 is 1.06 bits per heavy atom. The molecule has 7 unspecified atom stereocenters. The van der Waals surface area contributed by atoms with Gasteiger partial charge in [0.1, 0.15) is 0 Å². The fraction of sp³-hybridized carbons (Fsp3) is 1.00. The van der Waals surface area contributed by atoms with Gasteiger partial charge in [-0.2, -0.15) is 0 Å². The second kappa shape index (κ2) is 3.96. The molecule has 4 rings (SSSR count). The molecule has 1 N–H and O–H groups in total. The lowest BCUT2D eigenvalue weighted by atomic mass is 9.86. The Labute approximate surface area is 104 Å². The van der Waals surface area contributed by atoms with Crippen LogP contribution in [0.5, 0.6) is 0 Å². The van der Waals surface area contributed by atoms with Crippen molar-refractivity contribution in [1.29, 1.82) is 0 Å². The highest BCUT2D eigenvalue weighted by atomic mass is 16.5. The van der Waals surface area contributed by atoms with E-state index < -0.39 is 0 Å². The van der Waals surface area contributed by atoms with Gasteiger partial charge < -0.3 is 10.1 Å². The summed E-state index contributed by atoms with van der Waals surface area (Å²) in [5.74, 6) is 3.74. The van der Waals surface area contributed by atoms with E-state index >= 15 is 0 Å². The summed E-state index contributed by atoms with van der Waals surface area (Å²) in [5, 5.41) is 3.74. The fourth-order valence-corrected chi connectivity index (χ4v) is 5.16. The molecule has 1 aliphatic heterocycles. The summed E-state index contributed by atoms with van der Waals surface area (Å²) in [6.07, 6.45) is 9.46. The lowest BCUT2D eigenvalue weighted by molar-refractivity contribution is -0.0700. The van der Waals surface area contributed by atoms with Crippen molar-refractivity contribution in [1.82, 2.24) is 5.32 Å². The first-order valence-electron chi connectivity index (χ1n) is 7.70. The van der Waals surface area contributed by atoms with Crippen LogP contribution in [-0.2, 0) is 4.74 Å². The zero-order valence-corrected chi connectivity index (χ0v) is 10.9. The van der Waals surface area contributed by atoms with E-state index in [1.807, 2.05) is 0 Å². The molecule has 0 radical (unpaired) electrons. The van der Waals surface area contributed by atoms with Crippen LogP contribution in [0.4, 0.5) is 0 Å². The van der Waals surface area contributed by atoms with E-state index in [0.29, 0.717) is 12.2 Å². The molecule has 4 fully saturated rings. The SMILES string of the molecule is CC1CCCC(OC2C3CC4CNC2C4C3)C1. The zero-order valence-electron chi connectivity index (χ0n) is 10.9. The molecule has 3 aliphatic carbocycles. The molecule has 7 atom stereocenters. The Balaban J connectivity index is 1.43. The van der Waals surface area contributed by atoms with Gasteiger partial charge in [-0.05, 0) is 55.9 Å². The monoisotopic (exact) mass is 235 g/mol. The van der Waals surface area contributed by atoms with Gasteiger partial charge in [-0.15, -0.1) is 0 Å². The van der Waals surface area contributed by atoms with Crippen LogP contribution in [0.2, 0.25) is 0 Å². The van der Waals surface area contributed by atoms with Crippen LogP contribution in [0.25, 0.3) is 0 Å². The molecule has 0 aromatic heterocycles. The lowest BCUT2D eigenvalue weighted by Crippen LogP contribution is -2.42. The maximum atomic E-state index is 6.52. The van der Waals surface area contributed by atoms with Gasteiger partial charge in [-0.1, -0.05) is 19.8 Å². The number of rotatable bonds is 2. The minimum Gasteiger partial charge on any atom is -0.373 e. The molecule has 0 aromatic carbocycles. The van der Waals surface area contributed by atoms with Crippen molar-refractivity contribution < 1.29 is 4.74 Å². The quantitative estimate of drug-likeness (QED) is 0.794. The van der Waals surface area contributed by atoms with Gasteiger partial charge in [0, 0.05) is 6.04 Å². The minimum absolute atomic E-state index is 0.564. The van der Waals surface area contributed by atoms with Crippen molar-refractivity contribution in [3.8, 4) is 0 Å². The Morgan fingerprint density at radius 2 is 2.00 bits per heavy atom. The van der Waals surface area contributed by atoms with Gasteiger partial charge in [0.2, 0.25) is 0 Å². The average Bonchev–Trinajstić information content (AvgIpc) is 2.89. The molecule has 3 saturated carbocycles. The summed E-state index contributed by atoms with van der Waals surface area (Å²) >= 11 is 0. The Bertz CT molecular complexity index is 303. The van der Waals surface area contributed by atoms with Gasteiger partial charge in [0.05, 0.1) is 12.2 Å². The summed E-state index contributed by atoms with van der Waals surface area (Å²) in [6.45, 7) is 3.66. The van der Waals surface area contributed by atoms with Gasteiger partial charge >= 0.3 is 0 Å². The highest BCUT2D eigenvalue weighted by Crippen LogP contribution is 2.53. The molecule has 2 bridgehead atoms. The van der Waals surface area contributed by atoms with Gasteiger partial charge in [-0.3, -0.25) is 0 Å². The van der Waals surface area contributed by atoms with E-state index in [1.54, 1.807) is 0 Å². The highest BCUT2D eigenvalue weighted by Gasteiger charge is 2.56. The van der Waals surface area contributed by atoms with Crippen LogP contribution in [0, 0.1) is 23.7 Å². The van der Waals surface area contributed by atoms with E-state index in [-0.39, 0.29) is 0 Å². The van der Waals surface area contributed by atoms with Crippen molar-refractivity contribution in [2.24, 2.45) is 23.7 Å². The number of hydrogen-bond donors (Lipinski definition) is 1. The summed E-state index contributed by atoms with van der Waals surface area (Å²) in [4.78, 5) is 0. The topological polar surface area (TPSA) is 21.3 Å². The molecule has 0 amide bonds. The van der Waals surface area contributed by atoms with Gasteiger partial charge in [-0.25, -0.2) is 0 Å². The van der Waals surface area contributed by atoms with Crippen LogP contribution in [-0.4, -0.2) is 24.8 Å². The first-order chi connectivity index (χ1) is 8.31. The Kier molecular flexibility index (Phi) is 2.52. The van der Waals surface area contributed by atoms with E-state index in [2.05, 4.69) is 12.2 Å². The van der Waals surface area contributed by atoms with Crippen molar-refractivity contribution in [2.45, 2.75) is 63.7 Å². The molecular formula is C15H25NO. The molecule has 2 heteroatoms. The summed E-state index contributed by atoms with van der Waals surface area (Å²) in [6, 6.07) is 0.719. The molecule has 1 heterocycles. The summed E-state index contributed by atoms with van der Waals surface area (Å²) in [5.41, 5.74) is 0. The standard InChI is InChI=1S/C15H25NO/c1-9-3-2-4-12(5-9)17-15-10-6-11-8-16-14(15)13(11)7-10/h9-16H,2-8H2,1H3. The van der Waals surface area contributed by atoms with Crippen molar-refractivity contribution in [3.05, 3.63) is 0 Å². The first-order valence-corrected chi connectivity index (χ1v) is 7.70. The first kappa shape index (κ1) is 10.8. The second-order valence-corrected chi connectivity index (χ2v) is 7.08. The molecule has 1 saturated heterocycles. The van der Waals surface area contributed by atoms with E-state index in [0.717, 1.165) is 29.7 Å². The molecular weight excluding hydrogens is 210 g/mol. The van der Waals surface area contributed by atoms with Crippen molar-refractivity contribution >= 4 is 0 Å². The molecule has 2 nitrogen and oxygen atoms in total. The maximum absolute atomic E-state index is 6.52. The van der Waals surface area contributed by atoms with Gasteiger partial charge in [0.25, 0.3) is 0 Å². The van der Waals surface area contributed by atoms with Crippen LogP contribution in [0.3, 0.4) is 0 Å². The van der Waals surface area contributed by atoms with Crippen molar-refractivity contribution in [3.63, 3.8) is 0 Å². The number of nitrogens with one attached hydrogen (secondary N) is 1. The zero-order chi connectivity index (χ0) is 11.4. The van der Waals surface area contributed by atoms with Gasteiger partial charge in [0.15, 0.2) is 0 Å². The van der Waals surface area contributed by atoms with Crippen molar-refractivity contribution in [2.75, 3.05) is 6.54 Å². The minimum atomic E-state index is 0.564. The predicted octanol–water partition coefficient (Wildman–Crippen LogP) is 2.58. The highest BCUT2D eigenvalue weighted by molar-refractivity contribution is 5.10. The van der Waals surface area contributed by atoms with Crippen LogP contribution < -0.4 is 5.32 Å². The third-order valence-corrected chi connectivity index (χ3v) is 5.92. The van der Waals surface area contributed by atoms with E-state index in [4.69, 9.17) is 4.74 Å². The second-order valence-electron chi connectivity index (χ2n) is 7.08. The van der Waals surface area contributed by atoms with E-state index in [1.165, 1.54) is 45.1 Å². The molecule has 0 aromatic rings. The third-order valence-electron chi connectivity index (χ3n) is 5.92. The van der Waals surface area contributed by atoms with Crippen LogP contribution >= 0.6 is 0 Å². The number of fused-ring (bicyclic) bond motifs is 1. The van der Waals surface area contributed by atoms with E-state index in [9.17, 15) is 0 Å². The fourth-order valence-electron chi connectivity index (χ4n) is 5.16. The Hall–Kier alpha value is -0.0800. The smallest absolute Gasteiger partial charge is 0.0762 e. The number of ether oxygens (including phenoxy) is 1. The largest absolute Gasteiger partial charge is 0.373 e. The number of hydrogen-bond acceptors (Lipinski definition) is 2. The normalized spacial score (nSPS) is 56.6. The van der Waals surface area contributed by atoms with Crippen LogP contribution in [0.1, 0.15) is 45.4 Å². The maximum Gasteiger partial charge on any atom is 0.0762 e. The van der Waals surface area contributed by atoms with Crippen LogP contribution in [0.15, 0.2) is 0 Å². The average molecular weight is 235 g/mol. The summed E-state index contributed by atoms with van der Waals surface area (Å²) in [7, 11) is 0. The Morgan fingerprint density at radius 3 is 2.88 bits per heavy atom. The summed E-state index contributed by atoms with van der Waals surface area (Å²) < 4.78 is 6.52. The molecule has 96 valence electrons. The molecule has 0 spiro atoms. The molecule has 17 heavy (non-hydrogen) atoms. The lowest BCUT2D eigenvalue weighted by Gasteiger charge is -2.34.